The van der Waals surface area contributed by atoms with Crippen LogP contribution in [0.5, 0.6) is 0 Å². The van der Waals surface area contributed by atoms with Gasteiger partial charge in [0, 0.05) is 36.2 Å². The highest BCUT2D eigenvalue weighted by Gasteiger charge is 2.31. The Kier molecular flexibility index (Phi) is 6.16. The van der Waals surface area contributed by atoms with E-state index in [4.69, 9.17) is 4.74 Å². The van der Waals surface area contributed by atoms with Gasteiger partial charge in [-0.2, -0.15) is 0 Å². The van der Waals surface area contributed by atoms with Crippen LogP contribution in [0.4, 0.5) is 4.79 Å². The van der Waals surface area contributed by atoms with Crippen LogP contribution in [0.2, 0.25) is 0 Å². The summed E-state index contributed by atoms with van der Waals surface area (Å²) >= 11 is 1.57. The number of aromatic nitrogens is 1. The zero-order valence-electron chi connectivity index (χ0n) is 13.6. The molecule has 0 radical (unpaired) electrons. The van der Waals surface area contributed by atoms with Crippen molar-refractivity contribution in [1.82, 2.24) is 20.5 Å². The summed E-state index contributed by atoms with van der Waals surface area (Å²) in [5, 5.41) is 8.78. The number of nitrogens with one attached hydrogen (secondary N) is 2. The number of nitrogens with zero attached hydrogens (tertiary/aromatic N) is 2. The molecule has 0 spiro atoms. The molecule has 1 atom stereocenters. The first-order valence-corrected chi connectivity index (χ1v) is 8.67. The highest BCUT2D eigenvalue weighted by molar-refractivity contribution is 7.09. The number of aryl methyl sites for hydroxylation is 1. The molecule has 1 fully saturated rings. The van der Waals surface area contributed by atoms with Gasteiger partial charge >= 0.3 is 6.03 Å². The number of carbonyl (C=O) groups is 1. The van der Waals surface area contributed by atoms with E-state index in [2.05, 4.69) is 34.4 Å². The van der Waals surface area contributed by atoms with Gasteiger partial charge in [0.05, 0.1) is 19.8 Å². The minimum absolute atomic E-state index is 0.0289. The second kappa shape index (κ2) is 7.89. The molecule has 0 aliphatic carbocycles. The number of thiazole rings is 1. The fourth-order valence-electron chi connectivity index (χ4n) is 2.54. The largest absolute Gasteiger partial charge is 0.379 e. The molecule has 1 aromatic rings. The standard InChI is InChI=1S/C15H26N4O2S/c1-4-15(3,19-5-7-21-8-6-19)11-17-14(20)16-9-13-18-12(2)10-22-13/h10H,4-9,11H2,1-3H3,(H2,16,17,20)/t15-/m1/s1. The molecule has 124 valence electrons. The van der Waals surface area contributed by atoms with Crippen LogP contribution in [0.3, 0.4) is 0 Å². The molecule has 0 aromatic carbocycles. The summed E-state index contributed by atoms with van der Waals surface area (Å²) < 4.78 is 5.41. The SMILES string of the molecule is CC[C@](C)(CNC(=O)NCc1nc(C)cs1)N1CCOCC1. The smallest absolute Gasteiger partial charge is 0.315 e. The Labute approximate surface area is 136 Å². The van der Waals surface area contributed by atoms with Gasteiger partial charge in [-0.15, -0.1) is 11.3 Å². The maximum atomic E-state index is 12.0. The molecule has 22 heavy (non-hydrogen) atoms. The Morgan fingerprint density at radius 1 is 1.45 bits per heavy atom. The third kappa shape index (κ3) is 4.66. The number of carbonyl (C=O) groups excluding carboxylic acids is 1. The highest BCUT2D eigenvalue weighted by Crippen LogP contribution is 2.19. The molecule has 1 aromatic heterocycles. The van der Waals surface area contributed by atoms with Crippen LogP contribution in [0.25, 0.3) is 0 Å². The van der Waals surface area contributed by atoms with Crippen LogP contribution in [-0.4, -0.2) is 54.3 Å². The van der Waals surface area contributed by atoms with Crippen LogP contribution in [-0.2, 0) is 11.3 Å². The van der Waals surface area contributed by atoms with Crippen LogP contribution in [0.1, 0.15) is 31.0 Å². The Balaban J connectivity index is 1.77. The van der Waals surface area contributed by atoms with Crippen molar-refractivity contribution in [3.63, 3.8) is 0 Å². The molecule has 2 rings (SSSR count). The van der Waals surface area contributed by atoms with Crippen molar-refractivity contribution in [3.05, 3.63) is 16.1 Å². The Morgan fingerprint density at radius 3 is 2.77 bits per heavy atom. The predicted octanol–water partition coefficient (Wildman–Crippen LogP) is 1.75. The Hall–Kier alpha value is -1.18. The lowest BCUT2D eigenvalue weighted by atomic mass is 9.95. The van der Waals surface area contributed by atoms with E-state index in [-0.39, 0.29) is 11.6 Å². The van der Waals surface area contributed by atoms with Gasteiger partial charge in [0.15, 0.2) is 0 Å². The van der Waals surface area contributed by atoms with Crippen molar-refractivity contribution in [2.24, 2.45) is 0 Å². The first kappa shape index (κ1) is 17.2. The van der Waals surface area contributed by atoms with E-state index in [0.717, 1.165) is 43.4 Å². The second-order valence-corrected chi connectivity index (χ2v) is 6.81. The van der Waals surface area contributed by atoms with Gasteiger partial charge in [-0.25, -0.2) is 9.78 Å². The van der Waals surface area contributed by atoms with Crippen LogP contribution >= 0.6 is 11.3 Å². The van der Waals surface area contributed by atoms with E-state index in [1.807, 2.05) is 12.3 Å². The molecule has 0 saturated carbocycles. The van der Waals surface area contributed by atoms with Gasteiger partial charge in [-0.05, 0) is 20.3 Å². The molecule has 0 unspecified atom stereocenters. The minimum atomic E-state index is -0.138. The number of amides is 2. The summed E-state index contributed by atoms with van der Waals surface area (Å²) in [6.45, 7) is 10.8. The van der Waals surface area contributed by atoms with Crippen molar-refractivity contribution in [1.29, 1.82) is 0 Å². The number of ether oxygens (including phenoxy) is 1. The van der Waals surface area contributed by atoms with Crippen molar-refractivity contribution in [2.75, 3.05) is 32.8 Å². The zero-order chi connectivity index (χ0) is 16.0. The number of hydrogen-bond acceptors (Lipinski definition) is 5. The van der Waals surface area contributed by atoms with Gasteiger partial charge in [-0.1, -0.05) is 6.92 Å². The lowest BCUT2D eigenvalue weighted by molar-refractivity contribution is -0.0165. The number of morpholine rings is 1. The molecule has 1 saturated heterocycles. The lowest BCUT2D eigenvalue weighted by Gasteiger charge is -2.43. The summed E-state index contributed by atoms with van der Waals surface area (Å²) in [4.78, 5) is 18.7. The predicted molar refractivity (Wildman–Crippen MR) is 88.2 cm³/mol. The van der Waals surface area contributed by atoms with Gasteiger partial charge in [-0.3, -0.25) is 4.90 Å². The third-order valence-electron chi connectivity index (χ3n) is 4.23. The van der Waals surface area contributed by atoms with E-state index in [1.54, 1.807) is 11.3 Å². The Bertz CT molecular complexity index is 488. The maximum Gasteiger partial charge on any atom is 0.315 e. The molecular weight excluding hydrogens is 300 g/mol. The van der Waals surface area contributed by atoms with Crippen LogP contribution in [0, 0.1) is 6.92 Å². The first-order valence-electron chi connectivity index (χ1n) is 7.79. The van der Waals surface area contributed by atoms with Gasteiger partial charge in [0.2, 0.25) is 0 Å². The molecule has 1 aliphatic rings. The number of hydrogen-bond donors (Lipinski definition) is 2. The van der Waals surface area contributed by atoms with Crippen molar-refractivity contribution < 1.29 is 9.53 Å². The topological polar surface area (TPSA) is 66.5 Å². The van der Waals surface area contributed by atoms with Crippen molar-refractivity contribution in [3.8, 4) is 0 Å². The lowest BCUT2D eigenvalue weighted by Crippen LogP contribution is -2.57. The maximum absolute atomic E-state index is 12.0. The summed E-state index contributed by atoms with van der Waals surface area (Å²) in [5.74, 6) is 0. The van der Waals surface area contributed by atoms with Gasteiger partial charge in [0.1, 0.15) is 5.01 Å². The molecule has 6 nitrogen and oxygen atoms in total. The fraction of sp³-hybridized carbons (Fsp3) is 0.733. The van der Waals surface area contributed by atoms with E-state index in [9.17, 15) is 4.79 Å². The summed E-state index contributed by atoms with van der Waals surface area (Å²) in [6, 6.07) is -0.138. The van der Waals surface area contributed by atoms with E-state index >= 15 is 0 Å². The Morgan fingerprint density at radius 2 is 2.18 bits per heavy atom. The molecular formula is C15H26N4O2S. The highest BCUT2D eigenvalue weighted by atomic mass is 32.1. The van der Waals surface area contributed by atoms with E-state index in [1.165, 1.54) is 0 Å². The van der Waals surface area contributed by atoms with Crippen molar-refractivity contribution in [2.45, 2.75) is 39.3 Å². The van der Waals surface area contributed by atoms with Gasteiger partial charge < -0.3 is 15.4 Å². The van der Waals surface area contributed by atoms with E-state index < -0.39 is 0 Å². The van der Waals surface area contributed by atoms with Crippen LogP contribution in [0.15, 0.2) is 5.38 Å². The monoisotopic (exact) mass is 326 g/mol. The average Bonchev–Trinajstić information content (AvgIpc) is 2.97. The van der Waals surface area contributed by atoms with Crippen LogP contribution < -0.4 is 10.6 Å². The normalized spacial score (nSPS) is 18.7. The zero-order valence-corrected chi connectivity index (χ0v) is 14.5. The third-order valence-corrected chi connectivity index (χ3v) is 5.20. The fourth-order valence-corrected chi connectivity index (χ4v) is 3.25. The summed E-state index contributed by atoms with van der Waals surface area (Å²) in [7, 11) is 0. The quantitative estimate of drug-likeness (QED) is 0.836. The van der Waals surface area contributed by atoms with Gasteiger partial charge in [0.25, 0.3) is 0 Å². The number of rotatable bonds is 6. The summed E-state index contributed by atoms with van der Waals surface area (Å²) in [6.07, 6.45) is 0.985. The molecule has 2 amide bonds. The molecule has 7 heteroatoms. The van der Waals surface area contributed by atoms with E-state index in [0.29, 0.717) is 13.1 Å². The minimum Gasteiger partial charge on any atom is -0.379 e. The second-order valence-electron chi connectivity index (χ2n) is 5.87. The molecule has 2 heterocycles. The first-order chi connectivity index (χ1) is 10.5. The van der Waals surface area contributed by atoms with Crippen molar-refractivity contribution >= 4 is 17.4 Å². The summed E-state index contributed by atoms with van der Waals surface area (Å²) in [5.41, 5.74) is 0.965. The average molecular weight is 326 g/mol. The molecule has 1 aliphatic heterocycles. The molecule has 2 N–H and O–H groups in total. The number of urea groups is 1. The molecule has 0 bridgehead atoms.